The van der Waals surface area contributed by atoms with Crippen molar-refractivity contribution in [2.75, 3.05) is 0 Å². The van der Waals surface area contributed by atoms with Gasteiger partial charge in [-0.05, 0) is 22.8 Å². The van der Waals surface area contributed by atoms with Crippen LogP contribution in [0.25, 0.3) is 0 Å². The number of benzene rings is 1. The van der Waals surface area contributed by atoms with E-state index in [1.165, 1.54) is 12.1 Å². The fourth-order valence-corrected chi connectivity index (χ4v) is 2.36. The smallest absolute Gasteiger partial charge is 0.149 e. The van der Waals surface area contributed by atoms with E-state index >= 15 is 0 Å². The summed E-state index contributed by atoms with van der Waals surface area (Å²) in [5, 5.41) is 0.620. The van der Waals surface area contributed by atoms with Gasteiger partial charge in [-0.15, -0.1) is 0 Å². The van der Waals surface area contributed by atoms with Crippen LogP contribution in [0.2, 0.25) is 15.1 Å². The monoisotopic (exact) mass is 262 g/mol. The molecular formula is C6H2Cl4OS. The van der Waals surface area contributed by atoms with Crippen LogP contribution in [-0.4, -0.2) is 4.21 Å². The molecule has 1 atom stereocenters. The van der Waals surface area contributed by atoms with Crippen LogP contribution in [-0.2, 0) is 10.0 Å². The number of hydrogen-bond donors (Lipinski definition) is 0. The fourth-order valence-electron chi connectivity index (χ4n) is 0.632. The summed E-state index contributed by atoms with van der Waals surface area (Å²) in [6, 6.07) is 2.96. The SMILES string of the molecule is O=S(Cl)c1ccc(Cl)c(Cl)c1Cl. The van der Waals surface area contributed by atoms with Gasteiger partial charge in [-0.1, -0.05) is 34.8 Å². The molecule has 0 bridgehead atoms. The molecule has 0 fully saturated rings. The van der Waals surface area contributed by atoms with Crippen LogP contribution < -0.4 is 0 Å². The maximum Gasteiger partial charge on any atom is 0.149 e. The summed E-state index contributed by atoms with van der Waals surface area (Å²) < 4.78 is 10.8. The van der Waals surface area contributed by atoms with Gasteiger partial charge in [0.15, 0.2) is 0 Å². The number of hydrogen-bond acceptors (Lipinski definition) is 1. The third-order valence-electron chi connectivity index (χ3n) is 1.17. The van der Waals surface area contributed by atoms with Gasteiger partial charge in [0.1, 0.15) is 10.0 Å². The van der Waals surface area contributed by atoms with Crippen LogP contribution in [0.4, 0.5) is 0 Å². The van der Waals surface area contributed by atoms with E-state index in [1.54, 1.807) is 0 Å². The largest absolute Gasteiger partial charge is 0.237 e. The first-order valence-corrected chi connectivity index (χ1v) is 5.86. The van der Waals surface area contributed by atoms with E-state index < -0.39 is 10.0 Å². The van der Waals surface area contributed by atoms with Gasteiger partial charge in [-0.2, -0.15) is 0 Å². The average Bonchev–Trinajstić information content (AvgIpc) is 2.00. The Morgan fingerprint density at radius 3 is 2.17 bits per heavy atom. The Hall–Kier alpha value is 0.530. The second-order valence-corrected chi connectivity index (χ2v) is 4.79. The average molecular weight is 264 g/mol. The Kier molecular flexibility index (Phi) is 3.68. The Morgan fingerprint density at radius 1 is 1.08 bits per heavy atom. The Balaban J connectivity index is 3.36. The highest BCUT2D eigenvalue weighted by molar-refractivity contribution is 8.08. The normalized spacial score (nSPS) is 13.0. The minimum Gasteiger partial charge on any atom is -0.237 e. The zero-order chi connectivity index (χ0) is 9.30. The van der Waals surface area contributed by atoms with Gasteiger partial charge < -0.3 is 0 Å². The molecule has 0 spiro atoms. The molecule has 0 saturated heterocycles. The quantitative estimate of drug-likeness (QED) is 0.555. The second kappa shape index (κ2) is 4.16. The lowest BCUT2D eigenvalue weighted by molar-refractivity contribution is 0.691. The summed E-state index contributed by atoms with van der Waals surface area (Å²) in [4.78, 5) is 0.271. The van der Waals surface area contributed by atoms with E-state index in [-0.39, 0.29) is 14.9 Å². The Morgan fingerprint density at radius 2 is 1.67 bits per heavy atom. The van der Waals surface area contributed by atoms with E-state index in [0.717, 1.165) is 0 Å². The highest BCUT2D eigenvalue weighted by Crippen LogP contribution is 2.34. The first-order valence-electron chi connectivity index (χ1n) is 2.75. The van der Waals surface area contributed by atoms with Gasteiger partial charge in [0, 0.05) is 0 Å². The van der Waals surface area contributed by atoms with Crippen molar-refractivity contribution in [3.8, 4) is 0 Å². The lowest BCUT2D eigenvalue weighted by Crippen LogP contribution is -1.84. The first-order chi connectivity index (χ1) is 5.54. The van der Waals surface area contributed by atoms with Crippen molar-refractivity contribution in [1.82, 2.24) is 0 Å². The van der Waals surface area contributed by atoms with Crippen LogP contribution in [0.1, 0.15) is 0 Å². The van der Waals surface area contributed by atoms with Crippen molar-refractivity contribution in [3.05, 3.63) is 27.2 Å². The molecule has 6 heteroatoms. The van der Waals surface area contributed by atoms with Crippen molar-refractivity contribution in [1.29, 1.82) is 0 Å². The van der Waals surface area contributed by atoms with Crippen molar-refractivity contribution in [2.24, 2.45) is 0 Å². The predicted octanol–water partition coefficient (Wildman–Crippen LogP) is 3.91. The Bertz CT molecular complexity index is 339. The minimum absolute atomic E-state index is 0.137. The van der Waals surface area contributed by atoms with E-state index in [2.05, 4.69) is 0 Å². The van der Waals surface area contributed by atoms with Crippen LogP contribution >= 0.6 is 45.5 Å². The minimum atomic E-state index is -1.66. The van der Waals surface area contributed by atoms with E-state index in [0.29, 0.717) is 5.02 Å². The molecule has 66 valence electrons. The molecule has 0 amide bonds. The Labute approximate surface area is 91.5 Å². The van der Waals surface area contributed by atoms with Crippen LogP contribution in [0.3, 0.4) is 0 Å². The van der Waals surface area contributed by atoms with Crippen LogP contribution in [0, 0.1) is 0 Å². The molecule has 0 saturated carbocycles. The number of rotatable bonds is 1. The van der Waals surface area contributed by atoms with Gasteiger partial charge in [0.05, 0.1) is 20.0 Å². The third-order valence-corrected chi connectivity index (χ3v) is 3.76. The van der Waals surface area contributed by atoms with Gasteiger partial charge in [-0.25, -0.2) is 4.21 Å². The molecule has 0 N–H and O–H groups in total. The van der Waals surface area contributed by atoms with Gasteiger partial charge in [-0.3, -0.25) is 0 Å². The van der Waals surface area contributed by atoms with Crippen LogP contribution in [0.5, 0.6) is 0 Å². The molecule has 0 aromatic heterocycles. The number of halogens is 4. The second-order valence-electron chi connectivity index (χ2n) is 1.90. The zero-order valence-corrected chi connectivity index (χ0v) is 9.32. The molecule has 0 aliphatic carbocycles. The summed E-state index contributed by atoms with van der Waals surface area (Å²) >= 11 is 17.0. The van der Waals surface area contributed by atoms with E-state index in [1.807, 2.05) is 0 Å². The molecule has 12 heavy (non-hydrogen) atoms. The summed E-state index contributed by atoms with van der Waals surface area (Å²) in [5.74, 6) is 0. The van der Waals surface area contributed by atoms with Crippen molar-refractivity contribution in [3.63, 3.8) is 0 Å². The molecule has 1 rings (SSSR count). The summed E-state index contributed by atoms with van der Waals surface area (Å²) in [6.07, 6.45) is 0. The molecule has 0 heterocycles. The molecule has 1 aromatic rings. The maximum atomic E-state index is 10.8. The highest BCUT2D eigenvalue weighted by Gasteiger charge is 2.11. The van der Waals surface area contributed by atoms with Crippen molar-refractivity contribution >= 4 is 55.5 Å². The topological polar surface area (TPSA) is 17.1 Å². The molecule has 1 unspecified atom stereocenters. The molecule has 0 radical (unpaired) electrons. The molecule has 0 aliphatic heterocycles. The van der Waals surface area contributed by atoms with Crippen LogP contribution in [0.15, 0.2) is 17.0 Å². The molecule has 1 nitrogen and oxygen atoms in total. The molecule has 0 aliphatic rings. The lowest BCUT2D eigenvalue weighted by Gasteiger charge is -2.01. The summed E-state index contributed by atoms with van der Waals surface area (Å²) in [5.41, 5.74) is 0. The summed E-state index contributed by atoms with van der Waals surface area (Å²) in [7, 11) is 3.66. The van der Waals surface area contributed by atoms with E-state index in [9.17, 15) is 4.21 Å². The van der Waals surface area contributed by atoms with E-state index in [4.69, 9.17) is 45.5 Å². The maximum absolute atomic E-state index is 10.8. The highest BCUT2D eigenvalue weighted by atomic mass is 35.7. The fraction of sp³-hybridized carbons (Fsp3) is 0. The first kappa shape index (κ1) is 10.6. The van der Waals surface area contributed by atoms with Gasteiger partial charge >= 0.3 is 0 Å². The van der Waals surface area contributed by atoms with Crippen molar-refractivity contribution < 1.29 is 4.21 Å². The standard InChI is InChI=1S/C6H2Cl4OS/c7-3-1-2-4(12(10)11)6(9)5(3)8/h1-2H. The summed E-state index contributed by atoms with van der Waals surface area (Å²) in [6.45, 7) is 0. The molecule has 1 aromatic carbocycles. The zero-order valence-electron chi connectivity index (χ0n) is 5.48. The lowest BCUT2D eigenvalue weighted by atomic mass is 10.4. The predicted molar refractivity (Wildman–Crippen MR) is 53.7 cm³/mol. The molecular weight excluding hydrogens is 262 g/mol. The van der Waals surface area contributed by atoms with Gasteiger partial charge in [0.25, 0.3) is 0 Å². The van der Waals surface area contributed by atoms with Gasteiger partial charge in [0.2, 0.25) is 0 Å². The third kappa shape index (κ3) is 2.06. The van der Waals surface area contributed by atoms with Crippen molar-refractivity contribution in [2.45, 2.75) is 4.90 Å².